The summed E-state index contributed by atoms with van der Waals surface area (Å²) in [5.74, 6) is -1.81. The molecular formula is C21H28O4. The topological polar surface area (TPSA) is 60.4 Å². The van der Waals surface area contributed by atoms with Crippen LogP contribution in [0.15, 0.2) is 30.3 Å². The molecule has 2 atom stereocenters. The smallest absolute Gasteiger partial charge is 0.317 e. The lowest BCUT2D eigenvalue weighted by atomic mass is 9.78. The number of benzene rings is 1. The molecule has 2 unspecified atom stereocenters. The average Bonchev–Trinajstić information content (AvgIpc) is 2.51. The molecule has 2 rings (SSSR count). The molecular weight excluding hydrogens is 316 g/mol. The number of rotatable bonds is 4. The van der Waals surface area contributed by atoms with E-state index in [1.807, 2.05) is 6.07 Å². The molecule has 0 amide bonds. The zero-order valence-electron chi connectivity index (χ0n) is 15.4. The van der Waals surface area contributed by atoms with Gasteiger partial charge in [0.1, 0.15) is 17.3 Å². The second-order valence-electron chi connectivity index (χ2n) is 7.84. The Morgan fingerprint density at radius 2 is 1.76 bits per heavy atom. The number of carbonyl (C=O) groups excluding carboxylic acids is 3. The predicted octanol–water partition coefficient (Wildman–Crippen LogP) is 4.37. The van der Waals surface area contributed by atoms with E-state index in [-0.39, 0.29) is 23.9 Å². The highest BCUT2D eigenvalue weighted by Crippen LogP contribution is 2.31. The summed E-state index contributed by atoms with van der Waals surface area (Å²) in [5.41, 5.74) is -0.175. The van der Waals surface area contributed by atoms with Crippen molar-refractivity contribution in [3.63, 3.8) is 0 Å². The molecule has 1 aromatic rings. The van der Waals surface area contributed by atoms with Crippen molar-refractivity contribution in [2.75, 3.05) is 0 Å². The van der Waals surface area contributed by atoms with Crippen molar-refractivity contribution >= 4 is 17.5 Å². The van der Waals surface area contributed by atoms with E-state index >= 15 is 0 Å². The molecule has 4 heteroatoms. The summed E-state index contributed by atoms with van der Waals surface area (Å²) in [4.78, 5) is 38.0. The van der Waals surface area contributed by atoms with Crippen LogP contribution in [0.4, 0.5) is 0 Å². The quantitative estimate of drug-likeness (QED) is 0.462. The minimum atomic E-state index is -0.913. The second-order valence-corrected chi connectivity index (χ2v) is 7.84. The molecule has 0 aromatic heterocycles. The molecule has 0 spiro atoms. The van der Waals surface area contributed by atoms with Gasteiger partial charge in [0.2, 0.25) is 0 Å². The minimum Gasteiger partial charge on any atom is -0.459 e. The first-order valence-corrected chi connectivity index (χ1v) is 9.12. The van der Waals surface area contributed by atoms with Crippen LogP contribution in [-0.2, 0) is 14.3 Å². The molecule has 4 nitrogen and oxygen atoms in total. The number of Topliss-reactive ketones (excluding diaryl/α,β-unsaturated/α-hetero) is 2. The van der Waals surface area contributed by atoms with Gasteiger partial charge in [0, 0.05) is 18.4 Å². The average molecular weight is 344 g/mol. The monoisotopic (exact) mass is 344 g/mol. The van der Waals surface area contributed by atoms with Crippen LogP contribution in [0, 0.1) is 11.8 Å². The zero-order chi connectivity index (χ0) is 18.4. The lowest BCUT2D eigenvalue weighted by Crippen LogP contribution is -2.38. The second kappa shape index (κ2) is 8.41. The fourth-order valence-corrected chi connectivity index (χ4v) is 3.35. The SMILES string of the molecule is CC(C)(C)OC(=O)C(C(=O)c1ccccc1)C1CCCCCC(=O)C1. The van der Waals surface area contributed by atoms with Gasteiger partial charge in [-0.1, -0.05) is 43.2 Å². The van der Waals surface area contributed by atoms with Crippen LogP contribution in [-0.4, -0.2) is 23.1 Å². The van der Waals surface area contributed by atoms with Crippen molar-refractivity contribution in [2.24, 2.45) is 11.8 Å². The summed E-state index contributed by atoms with van der Waals surface area (Å²) in [5, 5.41) is 0. The van der Waals surface area contributed by atoms with E-state index in [1.54, 1.807) is 45.0 Å². The molecule has 0 heterocycles. The van der Waals surface area contributed by atoms with Gasteiger partial charge >= 0.3 is 5.97 Å². The van der Waals surface area contributed by atoms with Gasteiger partial charge in [0.25, 0.3) is 0 Å². The Bertz CT molecular complexity index is 613. The third-order valence-electron chi connectivity index (χ3n) is 4.49. The molecule has 1 aliphatic carbocycles. The van der Waals surface area contributed by atoms with Crippen molar-refractivity contribution < 1.29 is 19.1 Å². The molecule has 1 aliphatic rings. The number of esters is 1. The minimum absolute atomic E-state index is 0.138. The van der Waals surface area contributed by atoms with Crippen LogP contribution >= 0.6 is 0 Å². The van der Waals surface area contributed by atoms with Crippen LogP contribution in [0.25, 0.3) is 0 Å². The van der Waals surface area contributed by atoms with Gasteiger partial charge < -0.3 is 4.74 Å². The highest BCUT2D eigenvalue weighted by atomic mass is 16.6. The Hall–Kier alpha value is -1.97. The number of hydrogen-bond acceptors (Lipinski definition) is 4. The molecule has 0 saturated heterocycles. The Labute approximate surface area is 149 Å². The van der Waals surface area contributed by atoms with Crippen LogP contribution in [0.3, 0.4) is 0 Å². The van der Waals surface area contributed by atoms with Crippen LogP contribution < -0.4 is 0 Å². The van der Waals surface area contributed by atoms with Gasteiger partial charge in [-0.15, -0.1) is 0 Å². The van der Waals surface area contributed by atoms with E-state index in [1.165, 1.54) is 0 Å². The molecule has 0 N–H and O–H groups in total. The van der Waals surface area contributed by atoms with Crippen molar-refractivity contribution in [2.45, 2.75) is 64.9 Å². The Morgan fingerprint density at radius 1 is 1.08 bits per heavy atom. The van der Waals surface area contributed by atoms with Gasteiger partial charge in [-0.25, -0.2) is 0 Å². The first-order chi connectivity index (χ1) is 11.8. The van der Waals surface area contributed by atoms with Crippen molar-refractivity contribution in [3.8, 4) is 0 Å². The van der Waals surface area contributed by atoms with Gasteiger partial charge in [0.05, 0.1) is 0 Å². The van der Waals surface area contributed by atoms with E-state index in [4.69, 9.17) is 4.74 Å². The van der Waals surface area contributed by atoms with Gasteiger partial charge in [-0.3, -0.25) is 14.4 Å². The lowest BCUT2D eigenvalue weighted by Gasteiger charge is -2.29. The van der Waals surface area contributed by atoms with Crippen LogP contribution in [0.5, 0.6) is 0 Å². The van der Waals surface area contributed by atoms with Gasteiger partial charge in [-0.2, -0.15) is 0 Å². The highest BCUT2D eigenvalue weighted by molar-refractivity contribution is 6.09. The molecule has 1 saturated carbocycles. The normalized spacial score (nSPS) is 20.3. The molecule has 1 aromatic carbocycles. The molecule has 136 valence electrons. The Balaban J connectivity index is 2.31. The molecule has 1 fully saturated rings. The first-order valence-electron chi connectivity index (χ1n) is 9.12. The lowest BCUT2D eigenvalue weighted by molar-refractivity contribution is -0.160. The highest BCUT2D eigenvalue weighted by Gasteiger charge is 2.39. The van der Waals surface area contributed by atoms with Crippen molar-refractivity contribution in [1.82, 2.24) is 0 Å². The molecule has 0 aliphatic heterocycles. The molecule has 0 bridgehead atoms. The number of carbonyl (C=O) groups is 3. The summed E-state index contributed by atoms with van der Waals surface area (Å²) in [6.45, 7) is 5.37. The molecule has 25 heavy (non-hydrogen) atoms. The zero-order valence-corrected chi connectivity index (χ0v) is 15.4. The summed E-state index contributed by atoms with van der Waals surface area (Å²) >= 11 is 0. The van der Waals surface area contributed by atoms with Crippen molar-refractivity contribution in [1.29, 1.82) is 0 Å². The Kier molecular flexibility index (Phi) is 6.51. The Morgan fingerprint density at radius 3 is 2.40 bits per heavy atom. The van der Waals surface area contributed by atoms with Crippen molar-refractivity contribution in [3.05, 3.63) is 35.9 Å². The fourth-order valence-electron chi connectivity index (χ4n) is 3.35. The van der Waals surface area contributed by atoms with E-state index in [0.717, 1.165) is 19.3 Å². The largest absolute Gasteiger partial charge is 0.459 e. The van der Waals surface area contributed by atoms with Crippen LogP contribution in [0.2, 0.25) is 0 Å². The predicted molar refractivity (Wildman–Crippen MR) is 96.3 cm³/mol. The summed E-state index contributed by atoms with van der Waals surface area (Å²) in [7, 11) is 0. The third kappa shape index (κ3) is 5.80. The first kappa shape index (κ1) is 19.4. The van der Waals surface area contributed by atoms with Gasteiger partial charge in [-0.05, 0) is 39.5 Å². The summed E-state index contributed by atoms with van der Waals surface area (Å²) in [6.07, 6.45) is 4.31. The summed E-state index contributed by atoms with van der Waals surface area (Å²) in [6, 6.07) is 8.82. The maximum atomic E-state index is 13.1. The van der Waals surface area contributed by atoms with E-state index in [0.29, 0.717) is 18.4 Å². The maximum Gasteiger partial charge on any atom is 0.317 e. The van der Waals surface area contributed by atoms with Gasteiger partial charge in [0.15, 0.2) is 5.78 Å². The number of hydrogen-bond donors (Lipinski definition) is 0. The van der Waals surface area contributed by atoms with E-state index in [9.17, 15) is 14.4 Å². The standard InChI is InChI=1S/C21H28O4/c1-21(2,3)25-20(24)18(19(23)15-10-6-4-7-11-15)16-12-8-5-9-13-17(22)14-16/h4,6-7,10-11,16,18H,5,8-9,12-14H2,1-3H3. The van der Waals surface area contributed by atoms with E-state index in [2.05, 4.69) is 0 Å². The molecule has 0 radical (unpaired) electrons. The third-order valence-corrected chi connectivity index (χ3v) is 4.49. The fraction of sp³-hybridized carbons (Fsp3) is 0.571. The number of ether oxygens (including phenoxy) is 1. The summed E-state index contributed by atoms with van der Waals surface area (Å²) < 4.78 is 5.53. The van der Waals surface area contributed by atoms with E-state index < -0.39 is 17.5 Å². The maximum absolute atomic E-state index is 13.1. The van der Waals surface area contributed by atoms with Crippen LogP contribution in [0.1, 0.15) is 69.7 Å². The number of ketones is 2.